The lowest BCUT2D eigenvalue weighted by Gasteiger charge is -2.08. The Morgan fingerprint density at radius 2 is 2.15 bits per heavy atom. The molecule has 2 aromatic carbocycles. The average molecular weight is 373 g/mol. The van der Waals surface area contributed by atoms with E-state index in [-0.39, 0.29) is 41.7 Å². The fourth-order valence-electron chi connectivity index (χ4n) is 2.35. The van der Waals surface area contributed by atoms with Gasteiger partial charge in [-0.05, 0) is 25.1 Å². The number of hydrogen-bond donors (Lipinski definition) is 2. The number of benzene rings is 2. The molecular formula is C17H15N3O7. The van der Waals surface area contributed by atoms with E-state index in [9.17, 15) is 20.0 Å². The number of non-ortho nitro benzene ring substituents is 1. The Kier molecular flexibility index (Phi) is 5.06. The highest BCUT2D eigenvalue weighted by atomic mass is 16.7. The van der Waals surface area contributed by atoms with Gasteiger partial charge >= 0.3 is 0 Å². The summed E-state index contributed by atoms with van der Waals surface area (Å²) in [6, 6.07) is 6.87. The van der Waals surface area contributed by atoms with Crippen LogP contribution in [0.25, 0.3) is 0 Å². The van der Waals surface area contributed by atoms with Gasteiger partial charge in [-0.25, -0.2) is 5.43 Å². The van der Waals surface area contributed by atoms with Gasteiger partial charge in [0.05, 0.1) is 23.8 Å². The van der Waals surface area contributed by atoms with Crippen LogP contribution in [0.2, 0.25) is 0 Å². The Hall–Kier alpha value is -3.82. The van der Waals surface area contributed by atoms with Gasteiger partial charge < -0.3 is 19.3 Å². The van der Waals surface area contributed by atoms with E-state index < -0.39 is 10.8 Å². The van der Waals surface area contributed by atoms with Crippen molar-refractivity contribution in [2.45, 2.75) is 6.92 Å². The Morgan fingerprint density at radius 1 is 1.37 bits per heavy atom. The number of hydrazone groups is 1. The first-order chi connectivity index (χ1) is 13.0. The quantitative estimate of drug-likeness (QED) is 0.450. The zero-order valence-corrected chi connectivity index (χ0v) is 14.2. The van der Waals surface area contributed by atoms with Crippen LogP contribution in [-0.2, 0) is 0 Å². The number of ether oxygens (including phenoxy) is 3. The van der Waals surface area contributed by atoms with Crippen molar-refractivity contribution in [3.05, 3.63) is 51.6 Å². The van der Waals surface area contributed by atoms with Crippen LogP contribution in [0.5, 0.6) is 23.0 Å². The number of phenolic OH excluding ortho intramolecular Hbond substituents is 1. The highest BCUT2D eigenvalue weighted by molar-refractivity contribution is 5.96. The number of carbonyl (C=O) groups excluding carboxylic acids is 1. The molecule has 0 aromatic heterocycles. The van der Waals surface area contributed by atoms with Gasteiger partial charge in [0.15, 0.2) is 23.0 Å². The second-order valence-corrected chi connectivity index (χ2v) is 5.34. The summed E-state index contributed by atoms with van der Waals surface area (Å²) in [5.74, 6) is 0.0996. The van der Waals surface area contributed by atoms with Crippen LogP contribution in [0.1, 0.15) is 22.8 Å². The highest BCUT2D eigenvalue weighted by Gasteiger charge is 2.17. The minimum atomic E-state index is -0.621. The van der Waals surface area contributed by atoms with Gasteiger partial charge in [-0.3, -0.25) is 14.9 Å². The smallest absolute Gasteiger partial charge is 0.274 e. The van der Waals surface area contributed by atoms with Crippen LogP contribution >= 0.6 is 0 Å². The minimum Gasteiger partial charge on any atom is -0.504 e. The van der Waals surface area contributed by atoms with E-state index in [1.807, 2.05) is 0 Å². The maximum absolute atomic E-state index is 12.1. The Balaban J connectivity index is 1.77. The third kappa shape index (κ3) is 3.89. The summed E-state index contributed by atoms with van der Waals surface area (Å²) in [5.41, 5.74) is 2.31. The van der Waals surface area contributed by atoms with Crippen molar-refractivity contribution in [3.63, 3.8) is 0 Å². The SMILES string of the molecule is CCOc1cc([N+](=O)[O-])cc(C=NNC(=O)c2ccc3c(c2)OCO3)c1O. The van der Waals surface area contributed by atoms with Gasteiger partial charge in [-0.1, -0.05) is 0 Å². The fourth-order valence-corrected chi connectivity index (χ4v) is 2.35. The normalized spacial score (nSPS) is 12.2. The van der Waals surface area contributed by atoms with Crippen LogP contribution in [0.15, 0.2) is 35.4 Å². The first-order valence-corrected chi connectivity index (χ1v) is 7.87. The number of nitrogens with zero attached hydrogens (tertiary/aromatic N) is 2. The first kappa shape index (κ1) is 18.0. The largest absolute Gasteiger partial charge is 0.504 e. The van der Waals surface area contributed by atoms with Gasteiger partial charge in [-0.2, -0.15) is 5.10 Å². The van der Waals surface area contributed by atoms with Crippen LogP contribution in [0.3, 0.4) is 0 Å². The Morgan fingerprint density at radius 3 is 2.89 bits per heavy atom. The van der Waals surface area contributed by atoms with Gasteiger partial charge in [-0.15, -0.1) is 0 Å². The highest BCUT2D eigenvalue weighted by Crippen LogP contribution is 2.34. The molecule has 0 radical (unpaired) electrons. The molecule has 0 spiro atoms. The third-order valence-corrected chi connectivity index (χ3v) is 3.60. The number of fused-ring (bicyclic) bond motifs is 1. The fraction of sp³-hybridized carbons (Fsp3) is 0.176. The van der Waals surface area contributed by atoms with Crippen molar-refractivity contribution >= 4 is 17.8 Å². The molecule has 0 atom stereocenters. The van der Waals surface area contributed by atoms with E-state index in [1.165, 1.54) is 12.1 Å². The molecule has 0 aliphatic carbocycles. The average Bonchev–Trinajstić information content (AvgIpc) is 3.12. The van der Waals surface area contributed by atoms with E-state index in [4.69, 9.17) is 14.2 Å². The molecule has 2 aromatic rings. The van der Waals surface area contributed by atoms with E-state index in [0.717, 1.165) is 18.3 Å². The standard InChI is InChI=1S/C17H15N3O7/c1-2-25-15-7-12(20(23)24)5-11(16(15)21)8-18-19-17(22)10-3-4-13-14(6-10)27-9-26-13/h3-8,21H,2,9H2,1H3,(H,19,22). The molecule has 1 aliphatic rings. The third-order valence-electron chi connectivity index (χ3n) is 3.60. The summed E-state index contributed by atoms with van der Waals surface area (Å²) in [5, 5.41) is 24.9. The number of nitro benzene ring substituents is 1. The van der Waals surface area contributed by atoms with E-state index in [1.54, 1.807) is 13.0 Å². The minimum absolute atomic E-state index is 0.0265. The summed E-state index contributed by atoms with van der Waals surface area (Å²) in [4.78, 5) is 22.5. The maximum Gasteiger partial charge on any atom is 0.274 e. The lowest BCUT2D eigenvalue weighted by Crippen LogP contribution is -2.17. The Labute approximate surface area is 153 Å². The van der Waals surface area contributed by atoms with E-state index >= 15 is 0 Å². The lowest BCUT2D eigenvalue weighted by atomic mass is 10.1. The molecule has 0 unspecified atom stereocenters. The second-order valence-electron chi connectivity index (χ2n) is 5.34. The summed E-state index contributed by atoms with van der Waals surface area (Å²) >= 11 is 0. The van der Waals surface area contributed by atoms with Gasteiger partial charge in [0.25, 0.3) is 11.6 Å². The van der Waals surface area contributed by atoms with E-state index in [2.05, 4.69) is 10.5 Å². The molecule has 0 saturated heterocycles. The monoisotopic (exact) mass is 373 g/mol. The molecule has 10 nitrogen and oxygen atoms in total. The molecule has 10 heteroatoms. The van der Waals surface area contributed by atoms with Gasteiger partial charge in [0, 0.05) is 17.2 Å². The molecule has 2 N–H and O–H groups in total. The molecular weight excluding hydrogens is 358 g/mol. The van der Waals surface area contributed by atoms with Crippen molar-refractivity contribution < 1.29 is 29.0 Å². The summed E-state index contributed by atoms with van der Waals surface area (Å²) in [6.45, 7) is 1.98. The molecule has 27 heavy (non-hydrogen) atoms. The number of amides is 1. The zero-order valence-electron chi connectivity index (χ0n) is 14.2. The topological polar surface area (TPSA) is 133 Å². The molecule has 1 heterocycles. The second kappa shape index (κ2) is 7.60. The van der Waals surface area contributed by atoms with Crippen LogP contribution < -0.4 is 19.6 Å². The molecule has 1 aliphatic heterocycles. The number of rotatable bonds is 6. The maximum atomic E-state index is 12.1. The molecule has 0 bridgehead atoms. The van der Waals surface area contributed by atoms with Crippen molar-refractivity contribution in [2.75, 3.05) is 13.4 Å². The van der Waals surface area contributed by atoms with Crippen molar-refractivity contribution in [3.8, 4) is 23.0 Å². The molecule has 3 rings (SSSR count). The van der Waals surface area contributed by atoms with Crippen LogP contribution in [0, 0.1) is 10.1 Å². The zero-order chi connectivity index (χ0) is 19.4. The summed E-state index contributed by atoms with van der Waals surface area (Å²) in [6.07, 6.45) is 1.09. The first-order valence-electron chi connectivity index (χ1n) is 7.87. The predicted molar refractivity (Wildman–Crippen MR) is 93.6 cm³/mol. The van der Waals surface area contributed by atoms with Crippen molar-refractivity contribution in [1.29, 1.82) is 0 Å². The number of nitrogens with one attached hydrogen (secondary N) is 1. The van der Waals surface area contributed by atoms with Crippen molar-refractivity contribution in [2.24, 2.45) is 5.10 Å². The van der Waals surface area contributed by atoms with Crippen LogP contribution in [-0.4, -0.2) is 35.6 Å². The number of hydrogen-bond acceptors (Lipinski definition) is 8. The number of aromatic hydroxyl groups is 1. The van der Waals surface area contributed by atoms with Crippen LogP contribution in [0.4, 0.5) is 5.69 Å². The van der Waals surface area contributed by atoms with E-state index in [0.29, 0.717) is 11.5 Å². The number of nitro groups is 1. The number of phenols is 1. The number of carbonyl (C=O) groups is 1. The summed E-state index contributed by atoms with van der Waals surface area (Å²) < 4.78 is 15.5. The lowest BCUT2D eigenvalue weighted by molar-refractivity contribution is -0.385. The van der Waals surface area contributed by atoms with Gasteiger partial charge in [0.2, 0.25) is 6.79 Å². The van der Waals surface area contributed by atoms with Crippen molar-refractivity contribution in [1.82, 2.24) is 5.43 Å². The predicted octanol–water partition coefficient (Wildman–Crippen LogP) is 2.19. The molecule has 140 valence electrons. The van der Waals surface area contributed by atoms with Gasteiger partial charge in [0.1, 0.15) is 0 Å². The molecule has 0 saturated carbocycles. The molecule has 0 fully saturated rings. The summed E-state index contributed by atoms with van der Waals surface area (Å²) in [7, 11) is 0. The Bertz CT molecular complexity index is 927. The molecule has 1 amide bonds.